The number of aromatic nitrogens is 3. The lowest BCUT2D eigenvalue weighted by atomic mass is 10.4. The van der Waals surface area contributed by atoms with Gasteiger partial charge in [0.05, 0.1) is 5.38 Å². The summed E-state index contributed by atoms with van der Waals surface area (Å²) in [6.45, 7) is 2.28. The number of H-pyrrole nitrogens is 1. The molecular formula is C7H9ClN4O. The molecule has 5 nitrogen and oxygen atoms in total. The third-order valence-corrected chi connectivity index (χ3v) is 2.20. The van der Waals surface area contributed by atoms with E-state index in [0.717, 1.165) is 0 Å². The second-order valence-corrected chi connectivity index (χ2v) is 3.64. The predicted octanol–water partition coefficient (Wildman–Crippen LogP) is 0.457. The highest BCUT2D eigenvalue weighted by Crippen LogP contribution is 2.20. The van der Waals surface area contributed by atoms with Gasteiger partial charge in [-0.15, -0.1) is 16.7 Å². The van der Waals surface area contributed by atoms with E-state index >= 15 is 0 Å². The van der Waals surface area contributed by atoms with Crippen molar-refractivity contribution >= 4 is 23.5 Å². The van der Waals surface area contributed by atoms with Gasteiger partial charge in [0.25, 0.3) is 5.95 Å². The summed E-state index contributed by atoms with van der Waals surface area (Å²) in [6.07, 6.45) is 0.370. The molecule has 1 unspecified atom stereocenters. The first-order chi connectivity index (χ1) is 6.16. The van der Waals surface area contributed by atoms with Crippen LogP contribution in [0.2, 0.25) is 0 Å². The van der Waals surface area contributed by atoms with Crippen LogP contribution in [0.15, 0.2) is 0 Å². The van der Waals surface area contributed by atoms with E-state index in [1.54, 1.807) is 6.92 Å². The molecule has 0 saturated carbocycles. The normalized spacial score (nSPS) is 22.8. The van der Waals surface area contributed by atoms with Crippen molar-refractivity contribution in [1.29, 1.82) is 0 Å². The van der Waals surface area contributed by atoms with Crippen LogP contribution in [0.25, 0.3) is 0 Å². The molecule has 1 atom stereocenters. The van der Waals surface area contributed by atoms with Crippen LogP contribution in [0.4, 0.5) is 5.95 Å². The maximum atomic E-state index is 11.3. The predicted molar refractivity (Wildman–Crippen MR) is 47.7 cm³/mol. The fraction of sp³-hybridized carbons (Fsp3) is 0.571. The SMILES string of the molecule is Cc1nc(N2CC(Cl)CC2=O)n[nH]1. The van der Waals surface area contributed by atoms with Crippen molar-refractivity contribution in [2.24, 2.45) is 0 Å². The fourth-order valence-corrected chi connectivity index (χ4v) is 1.58. The number of aromatic amines is 1. The molecule has 1 aromatic heterocycles. The Morgan fingerprint density at radius 1 is 1.69 bits per heavy atom. The molecule has 0 spiro atoms. The van der Waals surface area contributed by atoms with Crippen LogP contribution in [0.5, 0.6) is 0 Å². The summed E-state index contributed by atoms with van der Waals surface area (Å²) in [5, 5.41) is 6.46. The van der Waals surface area contributed by atoms with E-state index in [0.29, 0.717) is 24.7 Å². The highest BCUT2D eigenvalue weighted by atomic mass is 35.5. The number of carbonyl (C=O) groups excluding carboxylic acids is 1. The van der Waals surface area contributed by atoms with E-state index in [2.05, 4.69) is 15.2 Å². The minimum atomic E-state index is -0.119. The molecule has 0 bridgehead atoms. The molecule has 1 aliphatic rings. The molecule has 1 saturated heterocycles. The molecule has 0 aromatic carbocycles. The summed E-state index contributed by atoms with van der Waals surface area (Å²) in [7, 11) is 0. The van der Waals surface area contributed by atoms with Gasteiger partial charge in [0.2, 0.25) is 5.91 Å². The lowest BCUT2D eigenvalue weighted by Crippen LogP contribution is -2.25. The second-order valence-electron chi connectivity index (χ2n) is 3.03. The topological polar surface area (TPSA) is 61.9 Å². The summed E-state index contributed by atoms with van der Waals surface area (Å²) in [5.41, 5.74) is 0. The van der Waals surface area contributed by atoms with Crippen molar-refractivity contribution in [3.8, 4) is 0 Å². The maximum Gasteiger partial charge on any atom is 0.251 e. The number of hydrogen-bond donors (Lipinski definition) is 1. The molecule has 13 heavy (non-hydrogen) atoms. The minimum Gasteiger partial charge on any atom is -0.278 e. The number of nitrogens with zero attached hydrogens (tertiary/aromatic N) is 3. The number of aryl methyl sites for hydroxylation is 1. The average Bonchev–Trinajstić information content (AvgIpc) is 2.58. The minimum absolute atomic E-state index is 0.0148. The molecule has 1 aliphatic heterocycles. The zero-order valence-electron chi connectivity index (χ0n) is 7.12. The molecule has 1 amide bonds. The Bertz CT molecular complexity index is 337. The standard InChI is InChI=1S/C7H9ClN4O/c1-4-9-7(11-10-4)12-3-5(8)2-6(12)13/h5H,2-3H2,1H3,(H,9,10,11). The van der Waals surface area contributed by atoms with Crippen LogP contribution in [0, 0.1) is 6.92 Å². The molecule has 1 fully saturated rings. The number of hydrogen-bond acceptors (Lipinski definition) is 3. The van der Waals surface area contributed by atoms with Crippen LogP contribution < -0.4 is 4.90 Å². The summed E-state index contributed by atoms with van der Waals surface area (Å²) >= 11 is 5.83. The van der Waals surface area contributed by atoms with Crippen LogP contribution in [-0.4, -0.2) is 33.0 Å². The van der Waals surface area contributed by atoms with Gasteiger partial charge in [-0.05, 0) is 6.92 Å². The number of amides is 1. The number of nitrogens with one attached hydrogen (secondary N) is 1. The van der Waals surface area contributed by atoms with Crippen molar-refractivity contribution in [3.63, 3.8) is 0 Å². The first-order valence-corrected chi connectivity index (χ1v) is 4.44. The second kappa shape index (κ2) is 2.99. The van der Waals surface area contributed by atoms with E-state index in [1.165, 1.54) is 4.90 Å². The van der Waals surface area contributed by atoms with E-state index in [1.807, 2.05) is 0 Å². The number of anilines is 1. The maximum absolute atomic E-state index is 11.3. The van der Waals surface area contributed by atoms with Crippen molar-refractivity contribution in [2.75, 3.05) is 11.4 Å². The van der Waals surface area contributed by atoms with E-state index in [9.17, 15) is 4.79 Å². The average molecular weight is 201 g/mol. The van der Waals surface area contributed by atoms with Gasteiger partial charge in [-0.3, -0.25) is 14.8 Å². The summed E-state index contributed by atoms with van der Waals surface area (Å²) in [5.74, 6) is 1.10. The first-order valence-electron chi connectivity index (χ1n) is 4.00. The number of carbonyl (C=O) groups is 1. The Kier molecular flexibility index (Phi) is 1.95. The molecule has 70 valence electrons. The summed E-state index contributed by atoms with van der Waals surface area (Å²) < 4.78 is 0. The first kappa shape index (κ1) is 8.50. The van der Waals surface area contributed by atoms with Gasteiger partial charge in [-0.1, -0.05) is 0 Å². The zero-order valence-corrected chi connectivity index (χ0v) is 7.88. The Morgan fingerprint density at radius 3 is 2.92 bits per heavy atom. The van der Waals surface area contributed by atoms with Gasteiger partial charge in [0.1, 0.15) is 5.82 Å². The van der Waals surface area contributed by atoms with Crippen LogP contribution >= 0.6 is 11.6 Å². The number of halogens is 1. The number of alkyl halides is 1. The molecule has 1 N–H and O–H groups in total. The largest absolute Gasteiger partial charge is 0.278 e. The molecule has 6 heteroatoms. The molecule has 1 aromatic rings. The molecule has 2 rings (SSSR count). The Morgan fingerprint density at radius 2 is 2.46 bits per heavy atom. The van der Waals surface area contributed by atoms with Gasteiger partial charge >= 0.3 is 0 Å². The monoisotopic (exact) mass is 200 g/mol. The Balaban J connectivity index is 2.22. The quantitative estimate of drug-likeness (QED) is 0.670. The smallest absolute Gasteiger partial charge is 0.251 e. The van der Waals surface area contributed by atoms with Gasteiger partial charge in [0, 0.05) is 13.0 Å². The van der Waals surface area contributed by atoms with Crippen LogP contribution in [0.1, 0.15) is 12.2 Å². The van der Waals surface area contributed by atoms with Crippen LogP contribution in [0.3, 0.4) is 0 Å². The van der Waals surface area contributed by atoms with Crippen molar-refractivity contribution in [3.05, 3.63) is 5.82 Å². The van der Waals surface area contributed by atoms with Crippen molar-refractivity contribution in [1.82, 2.24) is 15.2 Å². The molecule has 2 heterocycles. The fourth-order valence-electron chi connectivity index (χ4n) is 1.31. The third kappa shape index (κ3) is 1.51. The summed E-state index contributed by atoms with van der Waals surface area (Å²) in [4.78, 5) is 16.9. The van der Waals surface area contributed by atoms with Crippen molar-refractivity contribution in [2.45, 2.75) is 18.7 Å². The number of rotatable bonds is 1. The van der Waals surface area contributed by atoms with Crippen LogP contribution in [-0.2, 0) is 4.79 Å². The van der Waals surface area contributed by atoms with E-state index in [-0.39, 0.29) is 11.3 Å². The Labute approximate surface area is 80.1 Å². The lowest BCUT2D eigenvalue weighted by Gasteiger charge is -2.09. The zero-order chi connectivity index (χ0) is 9.42. The molecule has 0 radical (unpaired) electrons. The van der Waals surface area contributed by atoms with Gasteiger partial charge in [-0.25, -0.2) is 0 Å². The van der Waals surface area contributed by atoms with Crippen molar-refractivity contribution < 1.29 is 4.79 Å². The van der Waals surface area contributed by atoms with E-state index in [4.69, 9.17) is 11.6 Å². The van der Waals surface area contributed by atoms with E-state index < -0.39 is 0 Å². The third-order valence-electron chi connectivity index (χ3n) is 1.90. The Hall–Kier alpha value is -1.10. The van der Waals surface area contributed by atoms with Gasteiger partial charge in [-0.2, -0.15) is 4.98 Å². The lowest BCUT2D eigenvalue weighted by molar-refractivity contribution is -0.117. The summed E-state index contributed by atoms with van der Waals surface area (Å²) in [6, 6.07) is 0. The molecular weight excluding hydrogens is 192 g/mol. The van der Waals surface area contributed by atoms with Gasteiger partial charge in [0.15, 0.2) is 0 Å². The highest BCUT2D eigenvalue weighted by Gasteiger charge is 2.31. The molecule has 0 aliphatic carbocycles. The van der Waals surface area contributed by atoms with Gasteiger partial charge < -0.3 is 0 Å². The highest BCUT2D eigenvalue weighted by molar-refractivity contribution is 6.24.